The van der Waals surface area contributed by atoms with E-state index in [1.54, 1.807) is 6.92 Å². The van der Waals surface area contributed by atoms with Gasteiger partial charge in [-0.2, -0.15) is 0 Å². The average molecular weight is 247 g/mol. The second-order valence-corrected chi connectivity index (χ2v) is 5.51. The van der Waals surface area contributed by atoms with Crippen molar-refractivity contribution in [3.8, 4) is 0 Å². The Morgan fingerprint density at radius 2 is 2.06 bits per heavy atom. The molecule has 2 rings (SSSR count). The Hall–Kier alpha value is -1.35. The monoisotopic (exact) mass is 247 g/mol. The predicted molar refractivity (Wildman–Crippen MR) is 71.7 cm³/mol. The van der Waals surface area contributed by atoms with E-state index in [1.165, 1.54) is 5.56 Å². The fourth-order valence-electron chi connectivity index (χ4n) is 2.84. The zero-order chi connectivity index (χ0) is 13.2. The largest absolute Gasteiger partial charge is 0.480 e. The van der Waals surface area contributed by atoms with Crippen LogP contribution in [-0.2, 0) is 10.2 Å². The number of carboxylic acids is 1. The van der Waals surface area contributed by atoms with E-state index in [0.717, 1.165) is 25.9 Å². The third-order valence-corrected chi connectivity index (χ3v) is 4.10. The van der Waals surface area contributed by atoms with Gasteiger partial charge in [-0.15, -0.1) is 0 Å². The number of aliphatic carboxylic acids is 1. The van der Waals surface area contributed by atoms with Gasteiger partial charge in [0, 0.05) is 12.0 Å². The second-order valence-electron chi connectivity index (χ2n) is 5.51. The Kier molecular flexibility index (Phi) is 3.71. The van der Waals surface area contributed by atoms with Crippen LogP contribution in [0, 0.1) is 0 Å². The maximum Gasteiger partial charge on any atom is 0.320 e. The normalized spacial score (nSPS) is 26.8. The number of nitrogens with zero attached hydrogens (tertiary/aromatic N) is 1. The first kappa shape index (κ1) is 13.1. The van der Waals surface area contributed by atoms with Gasteiger partial charge in [-0.3, -0.25) is 9.69 Å². The van der Waals surface area contributed by atoms with Gasteiger partial charge in [-0.25, -0.2) is 0 Å². The molecule has 0 aromatic heterocycles. The fraction of sp³-hybridized carbons (Fsp3) is 0.533. The summed E-state index contributed by atoms with van der Waals surface area (Å²) in [6, 6.07) is 10.0. The molecule has 0 bridgehead atoms. The highest BCUT2D eigenvalue weighted by atomic mass is 16.4. The molecule has 0 saturated carbocycles. The van der Waals surface area contributed by atoms with Gasteiger partial charge in [-0.05, 0) is 31.9 Å². The lowest BCUT2D eigenvalue weighted by Gasteiger charge is -2.42. The summed E-state index contributed by atoms with van der Waals surface area (Å²) < 4.78 is 0. The molecule has 0 amide bonds. The van der Waals surface area contributed by atoms with Crippen molar-refractivity contribution in [2.45, 2.75) is 38.1 Å². The molecule has 1 N–H and O–H groups in total. The van der Waals surface area contributed by atoms with Crippen molar-refractivity contribution in [3.05, 3.63) is 35.9 Å². The molecule has 3 heteroatoms. The number of carboxylic acid groups (broad SMARTS) is 1. The lowest BCUT2D eigenvalue weighted by Crippen LogP contribution is -2.50. The van der Waals surface area contributed by atoms with Crippen LogP contribution in [0.2, 0.25) is 0 Å². The Morgan fingerprint density at radius 3 is 2.67 bits per heavy atom. The summed E-state index contributed by atoms with van der Waals surface area (Å²) in [4.78, 5) is 13.2. The topological polar surface area (TPSA) is 40.5 Å². The number of hydrogen-bond donors (Lipinski definition) is 1. The SMILES string of the molecule is C[C@@H](C(=O)O)N1CCC[C@](C)(c2ccccc2)C1. The van der Waals surface area contributed by atoms with E-state index >= 15 is 0 Å². The molecule has 98 valence electrons. The van der Waals surface area contributed by atoms with Crippen LogP contribution in [0.15, 0.2) is 30.3 Å². The Labute approximate surface area is 108 Å². The summed E-state index contributed by atoms with van der Waals surface area (Å²) in [6.07, 6.45) is 2.18. The van der Waals surface area contributed by atoms with Crippen molar-refractivity contribution in [1.82, 2.24) is 4.90 Å². The minimum absolute atomic E-state index is 0.0726. The van der Waals surface area contributed by atoms with Crippen molar-refractivity contribution >= 4 is 5.97 Å². The van der Waals surface area contributed by atoms with Crippen LogP contribution in [0.5, 0.6) is 0 Å². The number of hydrogen-bond acceptors (Lipinski definition) is 2. The average Bonchev–Trinajstić information content (AvgIpc) is 2.39. The minimum Gasteiger partial charge on any atom is -0.480 e. The summed E-state index contributed by atoms with van der Waals surface area (Å²) in [7, 11) is 0. The fourth-order valence-corrected chi connectivity index (χ4v) is 2.84. The third kappa shape index (κ3) is 2.56. The van der Waals surface area contributed by atoms with Crippen molar-refractivity contribution in [2.75, 3.05) is 13.1 Å². The van der Waals surface area contributed by atoms with E-state index in [2.05, 4.69) is 36.1 Å². The summed E-state index contributed by atoms with van der Waals surface area (Å²) in [5.41, 5.74) is 1.38. The van der Waals surface area contributed by atoms with Crippen LogP contribution in [0.4, 0.5) is 0 Å². The van der Waals surface area contributed by atoms with Crippen LogP contribution in [0.25, 0.3) is 0 Å². The number of piperidine rings is 1. The van der Waals surface area contributed by atoms with Gasteiger partial charge < -0.3 is 5.11 Å². The molecule has 0 unspecified atom stereocenters. The van der Waals surface area contributed by atoms with E-state index in [9.17, 15) is 4.79 Å². The first-order valence-corrected chi connectivity index (χ1v) is 6.55. The minimum atomic E-state index is -0.729. The van der Waals surface area contributed by atoms with Crippen molar-refractivity contribution < 1.29 is 9.90 Å². The van der Waals surface area contributed by atoms with E-state index in [4.69, 9.17) is 5.11 Å². The molecular formula is C15H21NO2. The first-order chi connectivity index (χ1) is 8.53. The number of benzene rings is 1. The van der Waals surface area contributed by atoms with Crippen LogP contribution >= 0.6 is 0 Å². The Balaban J connectivity index is 2.17. The summed E-state index contributed by atoms with van der Waals surface area (Å²) in [6.45, 7) is 5.72. The zero-order valence-electron chi connectivity index (χ0n) is 11.1. The van der Waals surface area contributed by atoms with Crippen LogP contribution in [0.1, 0.15) is 32.3 Å². The van der Waals surface area contributed by atoms with Crippen molar-refractivity contribution in [2.24, 2.45) is 0 Å². The van der Waals surface area contributed by atoms with Crippen molar-refractivity contribution in [1.29, 1.82) is 0 Å². The molecular weight excluding hydrogens is 226 g/mol. The smallest absolute Gasteiger partial charge is 0.320 e. The van der Waals surface area contributed by atoms with Gasteiger partial charge in [0.05, 0.1) is 0 Å². The molecule has 1 heterocycles. The number of likely N-dealkylation sites (tertiary alicyclic amines) is 1. The molecule has 1 aliphatic heterocycles. The Morgan fingerprint density at radius 1 is 1.39 bits per heavy atom. The van der Waals surface area contributed by atoms with Crippen LogP contribution in [-0.4, -0.2) is 35.1 Å². The van der Waals surface area contributed by atoms with E-state index < -0.39 is 12.0 Å². The molecule has 1 fully saturated rings. The van der Waals surface area contributed by atoms with E-state index in [-0.39, 0.29) is 5.41 Å². The molecule has 3 nitrogen and oxygen atoms in total. The second kappa shape index (κ2) is 5.11. The highest BCUT2D eigenvalue weighted by Gasteiger charge is 2.35. The molecule has 1 aromatic rings. The van der Waals surface area contributed by atoms with Crippen LogP contribution in [0.3, 0.4) is 0 Å². The van der Waals surface area contributed by atoms with E-state index in [0.29, 0.717) is 0 Å². The molecule has 0 spiro atoms. The van der Waals surface area contributed by atoms with Crippen molar-refractivity contribution in [3.63, 3.8) is 0 Å². The zero-order valence-corrected chi connectivity index (χ0v) is 11.1. The molecule has 0 aliphatic carbocycles. The van der Waals surface area contributed by atoms with Gasteiger partial charge in [0.2, 0.25) is 0 Å². The quantitative estimate of drug-likeness (QED) is 0.892. The number of carbonyl (C=O) groups is 1. The van der Waals surface area contributed by atoms with Gasteiger partial charge in [-0.1, -0.05) is 37.3 Å². The third-order valence-electron chi connectivity index (χ3n) is 4.10. The number of rotatable bonds is 3. The van der Waals surface area contributed by atoms with Gasteiger partial charge >= 0.3 is 5.97 Å². The molecule has 1 aromatic carbocycles. The summed E-state index contributed by atoms with van der Waals surface area (Å²) >= 11 is 0. The highest BCUT2D eigenvalue weighted by Crippen LogP contribution is 2.34. The van der Waals surface area contributed by atoms with Crippen LogP contribution < -0.4 is 0 Å². The van der Waals surface area contributed by atoms with Gasteiger partial charge in [0.25, 0.3) is 0 Å². The standard InChI is InChI=1S/C15H21NO2/c1-12(14(17)18)16-10-6-9-15(2,11-16)13-7-4-3-5-8-13/h3-5,7-8,12H,6,9-11H2,1-2H3,(H,17,18)/t12-,15-/m0/s1. The lowest BCUT2D eigenvalue weighted by atomic mass is 9.75. The predicted octanol–water partition coefficient (Wildman–Crippen LogP) is 2.51. The Bertz CT molecular complexity index is 418. The highest BCUT2D eigenvalue weighted by molar-refractivity contribution is 5.72. The van der Waals surface area contributed by atoms with Gasteiger partial charge in [0.15, 0.2) is 0 Å². The summed E-state index contributed by atoms with van der Waals surface area (Å²) in [5, 5.41) is 9.13. The maximum absolute atomic E-state index is 11.1. The molecule has 1 aliphatic rings. The van der Waals surface area contributed by atoms with E-state index in [1.807, 2.05) is 6.07 Å². The lowest BCUT2D eigenvalue weighted by molar-refractivity contribution is -0.143. The van der Waals surface area contributed by atoms with Gasteiger partial charge in [0.1, 0.15) is 6.04 Å². The summed E-state index contributed by atoms with van der Waals surface area (Å²) in [5.74, 6) is -0.729. The molecule has 0 radical (unpaired) electrons. The molecule has 18 heavy (non-hydrogen) atoms. The first-order valence-electron chi connectivity index (χ1n) is 6.55. The molecule has 1 saturated heterocycles. The maximum atomic E-state index is 11.1. The molecule has 2 atom stereocenters.